The monoisotopic (exact) mass is 348 g/mol. The normalized spacial score (nSPS) is 15.2. The molecule has 132 valence electrons. The van der Waals surface area contributed by atoms with Crippen molar-refractivity contribution in [2.75, 3.05) is 13.1 Å². The van der Waals surface area contributed by atoms with E-state index in [1.54, 1.807) is 17.0 Å². The van der Waals surface area contributed by atoms with E-state index in [2.05, 4.69) is 5.32 Å². The maximum absolute atomic E-state index is 12.6. The molecule has 0 aliphatic carbocycles. The topological polar surface area (TPSA) is 62.6 Å². The second kappa shape index (κ2) is 7.04. The fourth-order valence-corrected chi connectivity index (χ4v) is 3.38. The molecule has 0 unspecified atom stereocenters. The number of benzene rings is 2. The summed E-state index contributed by atoms with van der Waals surface area (Å²) in [5.41, 5.74) is 0.665. The van der Waals surface area contributed by atoms with Crippen LogP contribution in [0.3, 0.4) is 0 Å². The summed E-state index contributed by atoms with van der Waals surface area (Å²) < 4.78 is 5.17. The van der Waals surface area contributed by atoms with Gasteiger partial charge >= 0.3 is 0 Å². The summed E-state index contributed by atoms with van der Waals surface area (Å²) in [5.74, 6) is 0.213. The summed E-state index contributed by atoms with van der Waals surface area (Å²) in [6, 6.07) is 17.2. The standard InChI is InChI=1S/C21H20N2O3/c24-20(17-8-7-15-4-1-2-5-16(15)14-17)22-18-9-11-23(12-10-18)21(25)19-6-3-13-26-19/h1-8,13-14,18H,9-12H2,(H,22,24). The minimum atomic E-state index is -0.0886. The number of fused-ring (bicyclic) bond motifs is 1. The van der Waals surface area contributed by atoms with Gasteiger partial charge in [-0.3, -0.25) is 9.59 Å². The third-order valence-corrected chi connectivity index (χ3v) is 4.86. The van der Waals surface area contributed by atoms with Crippen LogP contribution in [0.25, 0.3) is 10.8 Å². The van der Waals surface area contributed by atoms with Crippen LogP contribution in [-0.2, 0) is 0 Å². The van der Waals surface area contributed by atoms with Crippen molar-refractivity contribution >= 4 is 22.6 Å². The van der Waals surface area contributed by atoms with E-state index >= 15 is 0 Å². The fraction of sp³-hybridized carbons (Fsp3) is 0.238. The molecule has 1 saturated heterocycles. The van der Waals surface area contributed by atoms with Gasteiger partial charge in [-0.25, -0.2) is 0 Å². The van der Waals surface area contributed by atoms with E-state index in [0.717, 1.165) is 23.6 Å². The Balaban J connectivity index is 1.36. The number of rotatable bonds is 3. The molecule has 0 spiro atoms. The van der Waals surface area contributed by atoms with Gasteiger partial charge in [0.1, 0.15) is 0 Å². The molecule has 2 heterocycles. The van der Waals surface area contributed by atoms with Crippen molar-refractivity contribution in [2.45, 2.75) is 18.9 Å². The van der Waals surface area contributed by atoms with Crippen molar-refractivity contribution in [1.82, 2.24) is 10.2 Å². The third-order valence-electron chi connectivity index (χ3n) is 4.86. The smallest absolute Gasteiger partial charge is 0.289 e. The number of furan rings is 1. The van der Waals surface area contributed by atoms with Crippen LogP contribution in [0.4, 0.5) is 0 Å². The molecular formula is C21H20N2O3. The molecule has 1 aliphatic heterocycles. The number of nitrogens with one attached hydrogen (secondary N) is 1. The second-order valence-corrected chi connectivity index (χ2v) is 6.58. The van der Waals surface area contributed by atoms with Crippen molar-refractivity contribution < 1.29 is 14.0 Å². The molecule has 1 fully saturated rings. The van der Waals surface area contributed by atoms with E-state index in [4.69, 9.17) is 4.42 Å². The van der Waals surface area contributed by atoms with Gasteiger partial charge in [-0.15, -0.1) is 0 Å². The molecule has 0 bridgehead atoms. The van der Waals surface area contributed by atoms with Crippen LogP contribution in [-0.4, -0.2) is 35.8 Å². The summed E-state index contributed by atoms with van der Waals surface area (Å²) in [6.07, 6.45) is 2.99. The average Bonchev–Trinajstić information content (AvgIpc) is 3.22. The molecule has 3 aromatic rings. The van der Waals surface area contributed by atoms with Gasteiger partial charge in [-0.2, -0.15) is 0 Å². The molecular weight excluding hydrogens is 328 g/mol. The van der Waals surface area contributed by atoms with Crippen LogP contribution in [0.15, 0.2) is 65.3 Å². The van der Waals surface area contributed by atoms with Crippen molar-refractivity contribution in [2.24, 2.45) is 0 Å². The SMILES string of the molecule is O=C(NC1CCN(C(=O)c2ccco2)CC1)c1ccc2ccccc2c1. The highest BCUT2D eigenvalue weighted by Gasteiger charge is 2.26. The second-order valence-electron chi connectivity index (χ2n) is 6.58. The zero-order chi connectivity index (χ0) is 17.9. The number of carbonyl (C=O) groups is 2. The molecule has 5 heteroatoms. The fourth-order valence-electron chi connectivity index (χ4n) is 3.38. The third kappa shape index (κ3) is 3.33. The molecule has 2 amide bonds. The van der Waals surface area contributed by atoms with Crippen molar-refractivity contribution in [1.29, 1.82) is 0 Å². The van der Waals surface area contributed by atoms with Crippen molar-refractivity contribution in [3.05, 3.63) is 72.2 Å². The summed E-state index contributed by atoms with van der Waals surface area (Å²) >= 11 is 0. The molecule has 1 N–H and O–H groups in total. The van der Waals surface area contributed by atoms with Gasteiger partial charge in [0.25, 0.3) is 11.8 Å². The number of hydrogen-bond donors (Lipinski definition) is 1. The first-order chi connectivity index (χ1) is 12.7. The Hall–Kier alpha value is -3.08. The predicted molar refractivity (Wildman–Crippen MR) is 99.0 cm³/mol. The lowest BCUT2D eigenvalue weighted by Crippen LogP contribution is -2.46. The molecule has 4 rings (SSSR count). The van der Waals surface area contributed by atoms with E-state index in [9.17, 15) is 9.59 Å². The number of carbonyl (C=O) groups excluding carboxylic acids is 2. The zero-order valence-electron chi connectivity index (χ0n) is 14.4. The van der Waals surface area contributed by atoms with E-state index in [1.165, 1.54) is 6.26 Å². The summed E-state index contributed by atoms with van der Waals surface area (Å²) in [6.45, 7) is 1.23. The predicted octanol–water partition coefficient (Wildman–Crippen LogP) is 3.47. The summed E-state index contributed by atoms with van der Waals surface area (Å²) in [7, 11) is 0. The minimum absolute atomic E-state index is 0.0634. The highest BCUT2D eigenvalue weighted by molar-refractivity contribution is 5.98. The molecule has 5 nitrogen and oxygen atoms in total. The Morgan fingerprint density at radius 2 is 1.73 bits per heavy atom. The number of piperidine rings is 1. The lowest BCUT2D eigenvalue weighted by Gasteiger charge is -2.31. The molecule has 0 radical (unpaired) electrons. The van der Waals surface area contributed by atoms with E-state index in [0.29, 0.717) is 24.4 Å². The number of nitrogens with zero attached hydrogens (tertiary/aromatic N) is 1. The van der Waals surface area contributed by atoms with Gasteiger partial charge in [0, 0.05) is 24.7 Å². The van der Waals surface area contributed by atoms with Gasteiger partial charge in [0.2, 0.25) is 0 Å². The van der Waals surface area contributed by atoms with Gasteiger partial charge in [0.15, 0.2) is 5.76 Å². The Morgan fingerprint density at radius 1 is 0.962 bits per heavy atom. The average molecular weight is 348 g/mol. The van der Waals surface area contributed by atoms with Crippen LogP contribution >= 0.6 is 0 Å². The van der Waals surface area contributed by atoms with Gasteiger partial charge in [-0.1, -0.05) is 30.3 Å². The largest absolute Gasteiger partial charge is 0.459 e. The maximum Gasteiger partial charge on any atom is 0.289 e. The van der Waals surface area contributed by atoms with Crippen LogP contribution in [0, 0.1) is 0 Å². The van der Waals surface area contributed by atoms with Crippen LogP contribution in [0.2, 0.25) is 0 Å². The Morgan fingerprint density at radius 3 is 2.46 bits per heavy atom. The summed E-state index contributed by atoms with van der Waals surface area (Å²) in [5, 5.41) is 5.27. The first-order valence-corrected chi connectivity index (χ1v) is 8.83. The van der Waals surface area contributed by atoms with Crippen LogP contribution in [0.1, 0.15) is 33.8 Å². The number of likely N-dealkylation sites (tertiary alicyclic amines) is 1. The van der Waals surface area contributed by atoms with Crippen molar-refractivity contribution in [3.8, 4) is 0 Å². The summed E-state index contributed by atoms with van der Waals surface area (Å²) in [4.78, 5) is 26.6. The van der Waals surface area contributed by atoms with E-state index in [1.807, 2.05) is 42.5 Å². The molecule has 1 aliphatic rings. The molecule has 2 aromatic carbocycles. The zero-order valence-corrected chi connectivity index (χ0v) is 14.4. The molecule has 26 heavy (non-hydrogen) atoms. The molecule has 0 atom stereocenters. The Kier molecular flexibility index (Phi) is 4.44. The van der Waals surface area contributed by atoms with Gasteiger partial charge < -0.3 is 14.6 Å². The van der Waals surface area contributed by atoms with Crippen molar-refractivity contribution in [3.63, 3.8) is 0 Å². The van der Waals surface area contributed by atoms with Gasteiger partial charge in [0.05, 0.1) is 6.26 Å². The van der Waals surface area contributed by atoms with E-state index in [-0.39, 0.29) is 17.9 Å². The van der Waals surface area contributed by atoms with Gasteiger partial charge in [-0.05, 0) is 47.9 Å². The Bertz CT molecular complexity index is 925. The van der Waals surface area contributed by atoms with Crippen LogP contribution < -0.4 is 5.32 Å². The first kappa shape index (κ1) is 16.4. The lowest BCUT2D eigenvalue weighted by molar-refractivity contribution is 0.0667. The lowest BCUT2D eigenvalue weighted by atomic mass is 10.0. The highest BCUT2D eigenvalue weighted by Crippen LogP contribution is 2.18. The first-order valence-electron chi connectivity index (χ1n) is 8.83. The molecule has 1 aromatic heterocycles. The number of amides is 2. The number of hydrogen-bond acceptors (Lipinski definition) is 3. The van der Waals surface area contributed by atoms with E-state index < -0.39 is 0 Å². The highest BCUT2D eigenvalue weighted by atomic mass is 16.3. The minimum Gasteiger partial charge on any atom is -0.459 e. The molecule has 0 saturated carbocycles. The maximum atomic E-state index is 12.6. The Labute approximate surface area is 151 Å². The quantitative estimate of drug-likeness (QED) is 0.788. The van der Waals surface area contributed by atoms with Crippen LogP contribution in [0.5, 0.6) is 0 Å².